The molecule has 0 fully saturated rings. The molecule has 0 saturated carbocycles. The Morgan fingerprint density at radius 2 is 0.966 bits per heavy atom. The molecule has 1 heterocycles. The minimum atomic E-state index is 0.698. The molecule has 0 bridgehead atoms. The highest BCUT2D eigenvalue weighted by Gasteiger charge is 2.13. The lowest BCUT2D eigenvalue weighted by molar-refractivity contribution is 0.993. The molecule has 3 nitrogen and oxygen atoms in total. The second-order valence-electron chi connectivity index (χ2n) is 6.97. The van der Waals surface area contributed by atoms with E-state index in [1.807, 2.05) is 43.3 Å². The van der Waals surface area contributed by atoms with Crippen LogP contribution >= 0.6 is 0 Å². The molecule has 138 valence electrons. The standard InChI is InChI=1S/C26H19N3/c1-18-27-25(20-12-6-3-7-13-20)29-26(28-18)24-17-16-21(19-10-4-2-5-11-19)22-14-8-9-15-23(22)24/h2-17H,1H3. The molecule has 0 atom stereocenters. The van der Waals surface area contributed by atoms with Crippen LogP contribution < -0.4 is 0 Å². The molecule has 29 heavy (non-hydrogen) atoms. The van der Waals surface area contributed by atoms with E-state index in [0.717, 1.165) is 16.5 Å². The third-order valence-electron chi connectivity index (χ3n) is 5.03. The van der Waals surface area contributed by atoms with Crippen molar-refractivity contribution in [2.24, 2.45) is 0 Å². The second-order valence-corrected chi connectivity index (χ2v) is 6.97. The van der Waals surface area contributed by atoms with Crippen LogP contribution in [0.2, 0.25) is 0 Å². The van der Waals surface area contributed by atoms with E-state index < -0.39 is 0 Å². The van der Waals surface area contributed by atoms with Crippen LogP contribution in [0.1, 0.15) is 5.82 Å². The highest BCUT2D eigenvalue weighted by atomic mass is 15.0. The largest absolute Gasteiger partial charge is 0.213 e. The van der Waals surface area contributed by atoms with Crippen molar-refractivity contribution < 1.29 is 0 Å². The fourth-order valence-corrected chi connectivity index (χ4v) is 3.68. The van der Waals surface area contributed by atoms with Gasteiger partial charge in [-0.05, 0) is 34.9 Å². The molecule has 3 heteroatoms. The minimum absolute atomic E-state index is 0.698. The fourth-order valence-electron chi connectivity index (χ4n) is 3.68. The predicted octanol–water partition coefficient (Wildman–Crippen LogP) is 6.33. The lowest BCUT2D eigenvalue weighted by Gasteiger charge is -2.12. The van der Waals surface area contributed by atoms with Crippen LogP contribution in [-0.2, 0) is 0 Å². The maximum atomic E-state index is 4.80. The van der Waals surface area contributed by atoms with Gasteiger partial charge in [-0.3, -0.25) is 0 Å². The quantitative estimate of drug-likeness (QED) is 0.371. The minimum Gasteiger partial charge on any atom is -0.213 e. The Morgan fingerprint density at radius 1 is 0.448 bits per heavy atom. The molecule has 0 spiro atoms. The highest BCUT2D eigenvalue weighted by Crippen LogP contribution is 2.34. The maximum Gasteiger partial charge on any atom is 0.164 e. The van der Waals surface area contributed by atoms with Gasteiger partial charge in [-0.2, -0.15) is 0 Å². The topological polar surface area (TPSA) is 38.7 Å². The molecule has 0 aliphatic heterocycles. The van der Waals surface area contributed by atoms with E-state index in [1.165, 1.54) is 16.5 Å². The first-order valence-electron chi connectivity index (χ1n) is 9.65. The molecule has 5 rings (SSSR count). The maximum absolute atomic E-state index is 4.80. The third kappa shape index (κ3) is 3.27. The van der Waals surface area contributed by atoms with Crippen molar-refractivity contribution in [1.29, 1.82) is 0 Å². The Balaban J connectivity index is 1.72. The van der Waals surface area contributed by atoms with Gasteiger partial charge in [0.2, 0.25) is 0 Å². The zero-order chi connectivity index (χ0) is 19.6. The normalized spacial score (nSPS) is 10.9. The van der Waals surface area contributed by atoms with Crippen molar-refractivity contribution in [3.8, 4) is 33.9 Å². The van der Waals surface area contributed by atoms with Gasteiger partial charge >= 0.3 is 0 Å². The van der Waals surface area contributed by atoms with E-state index in [9.17, 15) is 0 Å². The molecule has 0 saturated heterocycles. The first-order valence-corrected chi connectivity index (χ1v) is 9.65. The molecule has 5 aromatic rings. The van der Waals surface area contributed by atoms with Gasteiger partial charge in [0.15, 0.2) is 11.6 Å². The number of hydrogen-bond acceptors (Lipinski definition) is 3. The fraction of sp³-hybridized carbons (Fsp3) is 0.0385. The Hall–Kier alpha value is -3.85. The third-order valence-corrected chi connectivity index (χ3v) is 5.03. The van der Waals surface area contributed by atoms with E-state index in [2.05, 4.69) is 70.6 Å². The Kier molecular flexibility index (Phi) is 4.34. The zero-order valence-corrected chi connectivity index (χ0v) is 16.1. The van der Waals surface area contributed by atoms with Crippen LogP contribution in [0.5, 0.6) is 0 Å². The van der Waals surface area contributed by atoms with E-state index in [4.69, 9.17) is 4.98 Å². The summed E-state index contributed by atoms with van der Waals surface area (Å²) < 4.78 is 0. The van der Waals surface area contributed by atoms with Crippen molar-refractivity contribution in [2.45, 2.75) is 6.92 Å². The first kappa shape index (κ1) is 17.3. The summed E-state index contributed by atoms with van der Waals surface area (Å²) in [4.78, 5) is 14.0. The molecule has 0 aliphatic rings. The van der Waals surface area contributed by atoms with Gasteiger partial charge < -0.3 is 0 Å². The molecular weight excluding hydrogens is 354 g/mol. The molecule has 0 amide bonds. The van der Waals surface area contributed by atoms with Gasteiger partial charge in [0, 0.05) is 11.1 Å². The molecule has 0 radical (unpaired) electrons. The van der Waals surface area contributed by atoms with Gasteiger partial charge in [-0.25, -0.2) is 15.0 Å². The lowest BCUT2D eigenvalue weighted by atomic mass is 9.95. The lowest BCUT2D eigenvalue weighted by Crippen LogP contribution is -2.00. The van der Waals surface area contributed by atoms with Gasteiger partial charge in [-0.1, -0.05) is 91.0 Å². The average Bonchev–Trinajstić information content (AvgIpc) is 2.79. The molecule has 4 aromatic carbocycles. The van der Waals surface area contributed by atoms with E-state index in [0.29, 0.717) is 17.5 Å². The predicted molar refractivity (Wildman–Crippen MR) is 118 cm³/mol. The zero-order valence-electron chi connectivity index (χ0n) is 16.1. The Labute approximate surface area is 169 Å². The van der Waals surface area contributed by atoms with Gasteiger partial charge in [-0.15, -0.1) is 0 Å². The smallest absolute Gasteiger partial charge is 0.164 e. The summed E-state index contributed by atoms with van der Waals surface area (Å²) in [6, 6.07) is 33.2. The molecule has 1 aromatic heterocycles. The van der Waals surface area contributed by atoms with E-state index in [1.54, 1.807) is 0 Å². The number of aromatic nitrogens is 3. The summed E-state index contributed by atoms with van der Waals surface area (Å²) in [7, 11) is 0. The van der Waals surface area contributed by atoms with Crippen molar-refractivity contribution in [2.75, 3.05) is 0 Å². The number of nitrogens with zero attached hydrogens (tertiary/aromatic N) is 3. The molecular formula is C26H19N3. The van der Waals surface area contributed by atoms with Crippen LogP contribution in [0, 0.1) is 6.92 Å². The molecule has 0 N–H and O–H groups in total. The van der Waals surface area contributed by atoms with Gasteiger partial charge in [0.05, 0.1) is 0 Å². The van der Waals surface area contributed by atoms with Crippen molar-refractivity contribution in [3.05, 3.63) is 103 Å². The number of fused-ring (bicyclic) bond motifs is 1. The number of rotatable bonds is 3. The number of aryl methyl sites for hydroxylation is 1. The Morgan fingerprint density at radius 3 is 1.66 bits per heavy atom. The van der Waals surface area contributed by atoms with Crippen LogP contribution in [0.15, 0.2) is 97.1 Å². The Bertz CT molecular complexity index is 1300. The van der Waals surface area contributed by atoms with E-state index in [-0.39, 0.29) is 0 Å². The second kappa shape index (κ2) is 7.28. The van der Waals surface area contributed by atoms with Crippen LogP contribution in [-0.4, -0.2) is 15.0 Å². The van der Waals surface area contributed by atoms with Crippen molar-refractivity contribution >= 4 is 10.8 Å². The summed E-state index contributed by atoms with van der Waals surface area (Å²) >= 11 is 0. The number of benzene rings is 4. The summed E-state index contributed by atoms with van der Waals surface area (Å²) in [6.07, 6.45) is 0. The number of hydrogen-bond donors (Lipinski definition) is 0. The van der Waals surface area contributed by atoms with Crippen LogP contribution in [0.4, 0.5) is 0 Å². The molecule has 0 unspecified atom stereocenters. The summed E-state index contributed by atoms with van der Waals surface area (Å²) in [6.45, 7) is 1.91. The van der Waals surface area contributed by atoms with Crippen LogP contribution in [0.25, 0.3) is 44.7 Å². The first-order chi connectivity index (χ1) is 14.3. The summed E-state index contributed by atoms with van der Waals surface area (Å²) in [5.74, 6) is 2.11. The van der Waals surface area contributed by atoms with Gasteiger partial charge in [0.25, 0.3) is 0 Å². The van der Waals surface area contributed by atoms with Crippen molar-refractivity contribution in [3.63, 3.8) is 0 Å². The summed E-state index contributed by atoms with van der Waals surface area (Å²) in [5.41, 5.74) is 4.42. The SMILES string of the molecule is Cc1nc(-c2ccccc2)nc(-c2ccc(-c3ccccc3)c3ccccc23)n1. The van der Waals surface area contributed by atoms with Crippen molar-refractivity contribution in [1.82, 2.24) is 15.0 Å². The van der Waals surface area contributed by atoms with Gasteiger partial charge in [0.1, 0.15) is 5.82 Å². The van der Waals surface area contributed by atoms with E-state index >= 15 is 0 Å². The average molecular weight is 373 g/mol. The summed E-state index contributed by atoms with van der Waals surface area (Å²) in [5, 5.41) is 2.33. The highest BCUT2D eigenvalue weighted by molar-refractivity contribution is 6.04. The van der Waals surface area contributed by atoms with Crippen LogP contribution in [0.3, 0.4) is 0 Å². The monoisotopic (exact) mass is 373 g/mol. The molecule has 0 aliphatic carbocycles.